The standard InChI is InChI=1S/C21H20N2O3S/c1-26-21-15(18-8-12-9-22-7-6-17(12)27-18)4-5-16-19(21)23(14-2-3-14)10-13(11-24)20(16)25/h4-5,8,10-11,14,22H,2-3,6-7,9H2,1H3. The highest BCUT2D eigenvalue weighted by Crippen LogP contribution is 2.44. The molecule has 0 bridgehead atoms. The van der Waals surface area contributed by atoms with E-state index in [0.717, 1.165) is 54.1 Å². The molecule has 6 heteroatoms. The van der Waals surface area contributed by atoms with E-state index in [0.29, 0.717) is 17.7 Å². The number of hydrogen-bond acceptors (Lipinski definition) is 5. The van der Waals surface area contributed by atoms with Crippen LogP contribution in [0.4, 0.5) is 0 Å². The molecule has 5 nitrogen and oxygen atoms in total. The zero-order chi connectivity index (χ0) is 18.5. The van der Waals surface area contributed by atoms with Crippen LogP contribution in [0.2, 0.25) is 0 Å². The number of carbonyl (C=O) groups is 1. The van der Waals surface area contributed by atoms with Crippen molar-refractivity contribution in [1.29, 1.82) is 0 Å². The number of fused-ring (bicyclic) bond motifs is 2. The number of nitrogens with one attached hydrogen (secondary N) is 1. The smallest absolute Gasteiger partial charge is 0.200 e. The lowest BCUT2D eigenvalue weighted by Crippen LogP contribution is -2.21. The lowest BCUT2D eigenvalue weighted by molar-refractivity contribution is 0.112. The summed E-state index contributed by atoms with van der Waals surface area (Å²) in [6.45, 7) is 1.91. The Labute approximate surface area is 160 Å². The molecule has 1 saturated carbocycles. The summed E-state index contributed by atoms with van der Waals surface area (Å²) in [6.07, 6.45) is 5.52. The van der Waals surface area contributed by atoms with Gasteiger partial charge in [-0.1, -0.05) is 0 Å². The van der Waals surface area contributed by atoms with Crippen LogP contribution in [-0.2, 0) is 13.0 Å². The molecule has 138 valence electrons. The van der Waals surface area contributed by atoms with E-state index in [1.807, 2.05) is 12.1 Å². The van der Waals surface area contributed by atoms with Gasteiger partial charge in [0, 0.05) is 40.6 Å². The molecule has 1 aromatic carbocycles. The Morgan fingerprint density at radius 1 is 1.33 bits per heavy atom. The van der Waals surface area contributed by atoms with Crippen LogP contribution in [-0.4, -0.2) is 24.5 Å². The van der Waals surface area contributed by atoms with Crippen LogP contribution in [0.25, 0.3) is 21.3 Å². The Bertz CT molecular complexity index is 1100. The summed E-state index contributed by atoms with van der Waals surface area (Å²) in [7, 11) is 1.66. The second-order valence-corrected chi connectivity index (χ2v) is 8.33. The normalized spacial score (nSPS) is 16.3. The van der Waals surface area contributed by atoms with Crippen LogP contribution >= 0.6 is 11.3 Å². The van der Waals surface area contributed by atoms with E-state index in [-0.39, 0.29) is 11.0 Å². The monoisotopic (exact) mass is 380 g/mol. The van der Waals surface area contributed by atoms with Gasteiger partial charge in [0.05, 0.1) is 23.6 Å². The van der Waals surface area contributed by atoms with Gasteiger partial charge in [0.2, 0.25) is 0 Å². The van der Waals surface area contributed by atoms with Gasteiger partial charge in [0.1, 0.15) is 0 Å². The molecule has 5 rings (SSSR count). The Hall–Kier alpha value is -2.44. The lowest BCUT2D eigenvalue weighted by atomic mass is 10.0. The van der Waals surface area contributed by atoms with E-state index in [1.54, 1.807) is 24.6 Å². The molecule has 0 atom stereocenters. The predicted octanol–water partition coefficient (Wildman–Crippen LogP) is 3.53. The molecule has 1 N–H and O–H groups in total. The molecule has 2 aromatic heterocycles. The number of ether oxygens (including phenoxy) is 1. The largest absolute Gasteiger partial charge is 0.494 e. The molecule has 1 aliphatic carbocycles. The van der Waals surface area contributed by atoms with E-state index in [2.05, 4.69) is 16.0 Å². The maximum absolute atomic E-state index is 12.7. The topological polar surface area (TPSA) is 60.3 Å². The summed E-state index contributed by atoms with van der Waals surface area (Å²) in [5.74, 6) is 0.723. The molecule has 1 aliphatic heterocycles. The second kappa shape index (κ2) is 6.32. The van der Waals surface area contributed by atoms with Gasteiger partial charge in [0.15, 0.2) is 17.5 Å². The Morgan fingerprint density at radius 2 is 2.19 bits per heavy atom. The van der Waals surface area contributed by atoms with Crippen molar-refractivity contribution < 1.29 is 9.53 Å². The van der Waals surface area contributed by atoms with Crippen LogP contribution < -0.4 is 15.5 Å². The summed E-state index contributed by atoms with van der Waals surface area (Å²) in [5.41, 5.74) is 3.15. The zero-order valence-electron chi connectivity index (χ0n) is 15.1. The summed E-state index contributed by atoms with van der Waals surface area (Å²) in [6, 6.07) is 6.36. The first-order valence-electron chi connectivity index (χ1n) is 9.25. The van der Waals surface area contributed by atoms with Crippen molar-refractivity contribution >= 4 is 28.5 Å². The van der Waals surface area contributed by atoms with E-state index in [9.17, 15) is 9.59 Å². The number of hydrogen-bond donors (Lipinski definition) is 1. The quantitative estimate of drug-likeness (QED) is 0.704. The third kappa shape index (κ3) is 2.63. The minimum atomic E-state index is -0.226. The SMILES string of the molecule is COc1c(-c2cc3c(s2)CCNC3)ccc2c(=O)c(C=O)cn(C3CC3)c12. The van der Waals surface area contributed by atoms with Crippen LogP contribution in [0.15, 0.2) is 29.2 Å². The fraction of sp³-hybridized carbons (Fsp3) is 0.333. The third-order valence-corrected chi connectivity index (χ3v) is 6.72. The molecular weight excluding hydrogens is 360 g/mol. The van der Waals surface area contributed by atoms with Gasteiger partial charge < -0.3 is 14.6 Å². The average Bonchev–Trinajstić information content (AvgIpc) is 3.45. The maximum atomic E-state index is 12.7. The van der Waals surface area contributed by atoms with Gasteiger partial charge in [-0.25, -0.2) is 0 Å². The summed E-state index contributed by atoms with van der Waals surface area (Å²) in [5, 5.41) is 3.96. The maximum Gasteiger partial charge on any atom is 0.200 e. The van der Waals surface area contributed by atoms with Crippen molar-refractivity contribution in [2.75, 3.05) is 13.7 Å². The molecular formula is C21H20N2O3S. The molecule has 0 spiro atoms. The molecule has 0 unspecified atom stereocenters. The first-order chi connectivity index (χ1) is 13.2. The van der Waals surface area contributed by atoms with E-state index < -0.39 is 0 Å². The predicted molar refractivity (Wildman–Crippen MR) is 107 cm³/mol. The summed E-state index contributed by atoms with van der Waals surface area (Å²) >= 11 is 1.80. The van der Waals surface area contributed by atoms with Gasteiger partial charge in [0.25, 0.3) is 0 Å². The fourth-order valence-corrected chi connectivity index (χ4v) is 5.15. The highest BCUT2D eigenvalue weighted by atomic mass is 32.1. The van der Waals surface area contributed by atoms with E-state index in [4.69, 9.17) is 4.74 Å². The van der Waals surface area contributed by atoms with E-state index in [1.165, 1.54) is 10.4 Å². The second-order valence-electron chi connectivity index (χ2n) is 7.20. The molecule has 0 radical (unpaired) electrons. The number of benzene rings is 1. The first kappa shape index (κ1) is 16.7. The van der Waals surface area contributed by atoms with Crippen molar-refractivity contribution in [2.24, 2.45) is 0 Å². The Morgan fingerprint density at radius 3 is 2.89 bits per heavy atom. The van der Waals surface area contributed by atoms with Crippen LogP contribution in [0.5, 0.6) is 5.75 Å². The number of aldehydes is 1. The van der Waals surface area contributed by atoms with Gasteiger partial charge >= 0.3 is 0 Å². The van der Waals surface area contributed by atoms with Gasteiger partial charge in [-0.2, -0.15) is 0 Å². The fourth-order valence-electron chi connectivity index (χ4n) is 3.95. The average molecular weight is 380 g/mol. The van der Waals surface area contributed by atoms with Crippen LogP contribution in [0, 0.1) is 0 Å². The van der Waals surface area contributed by atoms with Gasteiger partial charge in [-0.15, -0.1) is 11.3 Å². The first-order valence-corrected chi connectivity index (χ1v) is 10.1. The minimum Gasteiger partial charge on any atom is -0.494 e. The molecule has 0 amide bonds. The number of pyridine rings is 1. The number of methoxy groups -OCH3 is 1. The van der Waals surface area contributed by atoms with Gasteiger partial charge in [-0.05, 0) is 43.0 Å². The van der Waals surface area contributed by atoms with Crippen molar-refractivity contribution in [1.82, 2.24) is 9.88 Å². The summed E-state index contributed by atoms with van der Waals surface area (Å²) in [4.78, 5) is 26.7. The van der Waals surface area contributed by atoms with Crippen molar-refractivity contribution in [3.8, 4) is 16.2 Å². The highest BCUT2D eigenvalue weighted by molar-refractivity contribution is 7.15. The minimum absolute atomic E-state index is 0.210. The molecule has 27 heavy (non-hydrogen) atoms. The van der Waals surface area contributed by atoms with Crippen LogP contribution in [0.1, 0.15) is 39.7 Å². The van der Waals surface area contributed by atoms with E-state index >= 15 is 0 Å². The molecule has 3 aromatic rings. The van der Waals surface area contributed by atoms with Crippen molar-refractivity contribution in [3.63, 3.8) is 0 Å². The zero-order valence-corrected chi connectivity index (χ0v) is 15.9. The molecule has 2 aliphatic rings. The van der Waals surface area contributed by atoms with Crippen molar-refractivity contribution in [3.05, 3.63) is 50.6 Å². The Kier molecular flexibility index (Phi) is 3.91. The third-order valence-electron chi connectivity index (χ3n) is 5.45. The van der Waals surface area contributed by atoms with Crippen LogP contribution in [0.3, 0.4) is 0 Å². The number of thiophene rings is 1. The Balaban J connectivity index is 1.79. The number of rotatable bonds is 4. The number of carbonyl (C=O) groups excluding carboxylic acids is 1. The molecule has 0 saturated heterocycles. The van der Waals surface area contributed by atoms with Gasteiger partial charge in [-0.3, -0.25) is 9.59 Å². The highest BCUT2D eigenvalue weighted by Gasteiger charge is 2.28. The number of aromatic nitrogens is 1. The lowest BCUT2D eigenvalue weighted by Gasteiger charge is -2.16. The number of nitrogens with zero attached hydrogens (tertiary/aromatic N) is 1. The molecule has 1 fully saturated rings. The van der Waals surface area contributed by atoms with Crippen molar-refractivity contribution in [2.45, 2.75) is 31.8 Å². The molecule has 3 heterocycles. The summed E-state index contributed by atoms with van der Waals surface area (Å²) < 4.78 is 7.90.